The first-order valence-electron chi connectivity index (χ1n) is 7.52. The molecular formula is C16H21N3O2S. The summed E-state index contributed by atoms with van der Waals surface area (Å²) >= 11 is 0. The fourth-order valence-corrected chi connectivity index (χ4v) is 4.95. The number of fused-ring (bicyclic) bond motifs is 1. The lowest BCUT2D eigenvalue weighted by molar-refractivity contribution is 0.247. The number of sulfonamides is 1. The first-order chi connectivity index (χ1) is 10.4. The van der Waals surface area contributed by atoms with Crippen LogP contribution < -0.4 is 5.73 Å². The Kier molecular flexibility index (Phi) is 3.92. The van der Waals surface area contributed by atoms with Gasteiger partial charge in [-0.05, 0) is 44.4 Å². The molecule has 1 saturated heterocycles. The Morgan fingerprint density at radius 2 is 2.14 bits per heavy atom. The minimum atomic E-state index is -3.56. The van der Waals surface area contributed by atoms with E-state index in [2.05, 4.69) is 4.98 Å². The highest BCUT2D eigenvalue weighted by atomic mass is 32.2. The van der Waals surface area contributed by atoms with Gasteiger partial charge in [0, 0.05) is 30.2 Å². The Morgan fingerprint density at radius 3 is 2.86 bits per heavy atom. The molecule has 0 radical (unpaired) electrons. The van der Waals surface area contributed by atoms with Crippen molar-refractivity contribution >= 4 is 20.9 Å². The molecule has 1 aliphatic rings. The number of hydrogen-bond donors (Lipinski definition) is 1. The van der Waals surface area contributed by atoms with E-state index in [9.17, 15) is 8.42 Å². The van der Waals surface area contributed by atoms with Crippen LogP contribution >= 0.6 is 0 Å². The normalized spacial score (nSPS) is 23.8. The van der Waals surface area contributed by atoms with E-state index in [1.165, 1.54) is 0 Å². The highest BCUT2D eigenvalue weighted by Gasteiger charge is 2.34. The van der Waals surface area contributed by atoms with Crippen LogP contribution in [0.25, 0.3) is 10.9 Å². The monoisotopic (exact) mass is 319 g/mol. The van der Waals surface area contributed by atoms with Crippen molar-refractivity contribution in [3.8, 4) is 0 Å². The summed E-state index contributed by atoms with van der Waals surface area (Å²) in [5.74, 6) is 0. The van der Waals surface area contributed by atoms with Gasteiger partial charge >= 0.3 is 0 Å². The highest BCUT2D eigenvalue weighted by molar-refractivity contribution is 7.89. The Balaban J connectivity index is 2.10. The summed E-state index contributed by atoms with van der Waals surface area (Å²) in [5.41, 5.74) is 7.49. The van der Waals surface area contributed by atoms with E-state index in [0.29, 0.717) is 24.9 Å². The molecule has 1 aromatic heterocycles. The standard InChI is InChI=1S/C16H21N3O2S/c1-11-8-13-4-3-5-15(16(13)18-10-11)22(20,21)19-7-6-14(17)9-12(19)2/h3-5,8,10,12,14H,6-7,9,17H2,1-2H3/t12-,14+/m0/s1. The summed E-state index contributed by atoms with van der Waals surface area (Å²) in [6, 6.07) is 7.25. The predicted octanol–water partition coefficient (Wildman–Crippen LogP) is 2.04. The number of piperidine rings is 1. The van der Waals surface area contributed by atoms with Crippen molar-refractivity contribution in [2.24, 2.45) is 5.73 Å². The molecule has 3 rings (SSSR count). The van der Waals surface area contributed by atoms with Crippen molar-refractivity contribution in [1.29, 1.82) is 0 Å². The molecule has 5 nitrogen and oxygen atoms in total. The van der Waals surface area contributed by atoms with Crippen LogP contribution in [0.1, 0.15) is 25.3 Å². The fraction of sp³-hybridized carbons (Fsp3) is 0.438. The molecule has 2 atom stereocenters. The van der Waals surface area contributed by atoms with Crippen LogP contribution in [0.4, 0.5) is 0 Å². The van der Waals surface area contributed by atoms with Crippen molar-refractivity contribution in [3.05, 3.63) is 36.0 Å². The lowest BCUT2D eigenvalue weighted by atomic mass is 10.0. The molecule has 1 aromatic carbocycles. The van der Waals surface area contributed by atoms with Crippen molar-refractivity contribution in [1.82, 2.24) is 9.29 Å². The molecule has 2 N–H and O–H groups in total. The Hall–Kier alpha value is -1.50. The summed E-state index contributed by atoms with van der Waals surface area (Å²) < 4.78 is 27.7. The lowest BCUT2D eigenvalue weighted by Gasteiger charge is -2.35. The summed E-state index contributed by atoms with van der Waals surface area (Å²) in [4.78, 5) is 4.64. The van der Waals surface area contributed by atoms with E-state index in [4.69, 9.17) is 5.73 Å². The molecule has 2 aromatic rings. The van der Waals surface area contributed by atoms with Crippen molar-refractivity contribution in [2.75, 3.05) is 6.54 Å². The Labute approximate surface area is 131 Å². The van der Waals surface area contributed by atoms with Gasteiger partial charge in [0.25, 0.3) is 0 Å². The number of aromatic nitrogens is 1. The van der Waals surface area contributed by atoms with Gasteiger partial charge in [0.1, 0.15) is 4.90 Å². The number of pyridine rings is 1. The van der Waals surface area contributed by atoms with Crippen molar-refractivity contribution in [3.63, 3.8) is 0 Å². The molecule has 1 aliphatic heterocycles. The first-order valence-corrected chi connectivity index (χ1v) is 8.96. The maximum absolute atomic E-state index is 13.0. The van der Waals surface area contributed by atoms with Gasteiger partial charge in [-0.1, -0.05) is 12.1 Å². The van der Waals surface area contributed by atoms with Crippen molar-refractivity contribution < 1.29 is 8.42 Å². The van der Waals surface area contributed by atoms with Gasteiger partial charge in [0.15, 0.2) is 0 Å². The van der Waals surface area contributed by atoms with Gasteiger partial charge in [-0.25, -0.2) is 8.42 Å². The van der Waals surface area contributed by atoms with Crippen LogP contribution in [0.3, 0.4) is 0 Å². The molecule has 0 spiro atoms. The number of aryl methyl sites for hydroxylation is 1. The topological polar surface area (TPSA) is 76.3 Å². The molecule has 0 amide bonds. The zero-order chi connectivity index (χ0) is 15.9. The van der Waals surface area contributed by atoms with Gasteiger partial charge < -0.3 is 5.73 Å². The molecule has 0 saturated carbocycles. The minimum Gasteiger partial charge on any atom is -0.328 e. The van der Waals surface area contributed by atoms with Gasteiger partial charge in [0.05, 0.1) is 5.52 Å². The smallest absolute Gasteiger partial charge is 0.245 e. The largest absolute Gasteiger partial charge is 0.328 e. The van der Waals surface area contributed by atoms with Gasteiger partial charge in [0.2, 0.25) is 10.0 Å². The molecule has 0 bridgehead atoms. The summed E-state index contributed by atoms with van der Waals surface area (Å²) in [6.45, 7) is 4.33. The second kappa shape index (κ2) is 5.61. The maximum atomic E-state index is 13.0. The maximum Gasteiger partial charge on any atom is 0.245 e. The van der Waals surface area contributed by atoms with Crippen LogP contribution in [0, 0.1) is 6.92 Å². The Bertz CT molecular complexity index is 804. The first kappa shape index (κ1) is 15.4. The molecular weight excluding hydrogens is 298 g/mol. The van der Waals surface area contributed by atoms with Crippen LogP contribution in [-0.4, -0.2) is 36.3 Å². The number of para-hydroxylation sites is 1. The summed E-state index contributed by atoms with van der Waals surface area (Å²) in [5, 5.41) is 0.849. The average Bonchev–Trinajstić information content (AvgIpc) is 2.45. The molecule has 1 fully saturated rings. The zero-order valence-corrected chi connectivity index (χ0v) is 13.7. The Morgan fingerprint density at radius 1 is 1.36 bits per heavy atom. The fourth-order valence-electron chi connectivity index (χ4n) is 3.12. The molecule has 0 aliphatic carbocycles. The third kappa shape index (κ3) is 2.62. The molecule has 6 heteroatoms. The highest BCUT2D eigenvalue weighted by Crippen LogP contribution is 2.29. The molecule has 0 unspecified atom stereocenters. The number of rotatable bonds is 2. The SMILES string of the molecule is Cc1cnc2c(S(=O)(=O)N3CC[C@@H](N)C[C@@H]3C)cccc2c1. The number of nitrogens with zero attached hydrogens (tertiary/aromatic N) is 2. The van der Waals surface area contributed by atoms with Crippen molar-refractivity contribution in [2.45, 2.75) is 43.7 Å². The van der Waals surface area contributed by atoms with Crippen LogP contribution in [0.2, 0.25) is 0 Å². The number of nitrogens with two attached hydrogens (primary N) is 1. The van der Waals surface area contributed by atoms with E-state index in [0.717, 1.165) is 10.9 Å². The average molecular weight is 319 g/mol. The zero-order valence-electron chi connectivity index (χ0n) is 12.9. The number of hydrogen-bond acceptors (Lipinski definition) is 4. The third-order valence-electron chi connectivity index (χ3n) is 4.25. The lowest BCUT2D eigenvalue weighted by Crippen LogP contribution is -2.48. The van der Waals surface area contributed by atoms with E-state index < -0.39 is 10.0 Å². The molecule has 22 heavy (non-hydrogen) atoms. The van der Waals surface area contributed by atoms with Crippen LogP contribution in [0.15, 0.2) is 35.4 Å². The second-order valence-electron chi connectivity index (χ2n) is 6.09. The van der Waals surface area contributed by atoms with E-state index in [1.54, 1.807) is 22.6 Å². The van der Waals surface area contributed by atoms with Gasteiger partial charge in [-0.3, -0.25) is 4.98 Å². The summed E-state index contributed by atoms with van der Waals surface area (Å²) in [7, 11) is -3.56. The van der Waals surface area contributed by atoms with Crippen LogP contribution in [-0.2, 0) is 10.0 Å². The third-order valence-corrected chi connectivity index (χ3v) is 6.30. The van der Waals surface area contributed by atoms with E-state index in [1.807, 2.05) is 26.0 Å². The molecule has 118 valence electrons. The van der Waals surface area contributed by atoms with E-state index in [-0.39, 0.29) is 17.0 Å². The minimum absolute atomic E-state index is 0.0785. The summed E-state index contributed by atoms with van der Waals surface area (Å²) in [6.07, 6.45) is 3.09. The predicted molar refractivity (Wildman–Crippen MR) is 87.0 cm³/mol. The van der Waals surface area contributed by atoms with Gasteiger partial charge in [-0.15, -0.1) is 0 Å². The number of benzene rings is 1. The van der Waals surface area contributed by atoms with E-state index >= 15 is 0 Å². The quantitative estimate of drug-likeness (QED) is 0.919. The second-order valence-corrected chi connectivity index (χ2v) is 7.95. The van der Waals surface area contributed by atoms with Gasteiger partial charge in [-0.2, -0.15) is 4.31 Å². The molecule has 2 heterocycles. The van der Waals surface area contributed by atoms with Crippen LogP contribution in [0.5, 0.6) is 0 Å².